The minimum atomic E-state index is -0.769. The number of hydrogen-bond donors (Lipinski definition) is 2. The Morgan fingerprint density at radius 1 is 1.53 bits per heavy atom. The van der Waals surface area contributed by atoms with Crippen LogP contribution in [0.4, 0.5) is 4.39 Å². The van der Waals surface area contributed by atoms with Gasteiger partial charge in [0.1, 0.15) is 5.69 Å². The van der Waals surface area contributed by atoms with Crippen LogP contribution in [-0.2, 0) is 0 Å². The largest absolute Gasteiger partial charge is 0.489 e. The van der Waals surface area contributed by atoms with E-state index < -0.39 is 11.7 Å². The van der Waals surface area contributed by atoms with Crippen molar-refractivity contribution in [2.24, 2.45) is 5.73 Å². The lowest BCUT2D eigenvalue weighted by Crippen LogP contribution is -2.12. The monoisotopic (exact) mass is 284 g/mol. The lowest BCUT2D eigenvalue weighted by Gasteiger charge is -2.08. The van der Waals surface area contributed by atoms with Crippen LogP contribution in [-0.4, -0.2) is 27.9 Å². The molecule has 0 saturated heterocycles. The summed E-state index contributed by atoms with van der Waals surface area (Å²) < 4.78 is 18.9. The molecular formula is C11H10ClFN4O2. The zero-order chi connectivity index (χ0) is 14.0. The van der Waals surface area contributed by atoms with Gasteiger partial charge >= 0.3 is 0 Å². The fourth-order valence-electron chi connectivity index (χ4n) is 1.58. The zero-order valence-electron chi connectivity index (χ0n) is 9.91. The molecule has 2 rings (SSSR count). The number of aromatic nitrogens is 3. The third kappa shape index (κ3) is 2.50. The normalized spacial score (nSPS) is 10.5. The van der Waals surface area contributed by atoms with Crippen LogP contribution in [0.2, 0.25) is 5.02 Å². The number of amides is 1. The van der Waals surface area contributed by atoms with E-state index in [1.807, 2.05) is 0 Å². The Bertz CT molecular complexity index is 606. The standard InChI is InChI=1S/C11H10ClFN4O2/c1-2-19-10-6(12)3-5(4-7(10)13)8-9(11(14)18)16-17-15-8/h3-4H,2H2,1H3,(H2,14,18)(H,15,16,17). The molecule has 19 heavy (non-hydrogen) atoms. The number of hydrogen-bond acceptors (Lipinski definition) is 4. The molecule has 0 bridgehead atoms. The van der Waals surface area contributed by atoms with Crippen LogP contribution in [0.5, 0.6) is 5.75 Å². The van der Waals surface area contributed by atoms with E-state index in [0.717, 1.165) is 6.07 Å². The van der Waals surface area contributed by atoms with Crippen LogP contribution in [0.3, 0.4) is 0 Å². The van der Waals surface area contributed by atoms with E-state index in [-0.39, 0.29) is 34.3 Å². The van der Waals surface area contributed by atoms with Gasteiger partial charge in [-0.3, -0.25) is 4.79 Å². The maximum atomic E-state index is 13.8. The van der Waals surface area contributed by atoms with Crippen LogP contribution in [0.15, 0.2) is 12.1 Å². The molecule has 0 aliphatic rings. The summed E-state index contributed by atoms with van der Waals surface area (Å²) in [7, 11) is 0. The van der Waals surface area contributed by atoms with Gasteiger partial charge in [0.15, 0.2) is 17.3 Å². The maximum Gasteiger partial charge on any atom is 0.271 e. The number of aromatic amines is 1. The summed E-state index contributed by atoms with van der Waals surface area (Å²) in [6.07, 6.45) is 0. The number of primary amides is 1. The molecule has 0 aliphatic carbocycles. The molecule has 1 heterocycles. The average Bonchev–Trinajstić information content (AvgIpc) is 2.82. The van der Waals surface area contributed by atoms with Gasteiger partial charge in [0.25, 0.3) is 5.91 Å². The Morgan fingerprint density at radius 2 is 2.26 bits per heavy atom. The fraction of sp³-hybridized carbons (Fsp3) is 0.182. The molecule has 6 nitrogen and oxygen atoms in total. The number of carbonyl (C=O) groups excluding carboxylic acids is 1. The summed E-state index contributed by atoms with van der Waals surface area (Å²) in [6, 6.07) is 2.58. The summed E-state index contributed by atoms with van der Waals surface area (Å²) in [5, 5.41) is 9.70. The second kappa shape index (κ2) is 5.23. The van der Waals surface area contributed by atoms with E-state index in [1.54, 1.807) is 6.92 Å². The fourth-order valence-corrected chi connectivity index (χ4v) is 1.85. The number of benzene rings is 1. The summed E-state index contributed by atoms with van der Waals surface area (Å²) >= 11 is 5.92. The molecule has 0 unspecified atom stereocenters. The van der Waals surface area contributed by atoms with Crippen LogP contribution < -0.4 is 10.5 Å². The van der Waals surface area contributed by atoms with Gasteiger partial charge in [-0.15, -0.1) is 0 Å². The molecule has 0 radical (unpaired) electrons. The lowest BCUT2D eigenvalue weighted by molar-refractivity contribution is 0.0996. The van der Waals surface area contributed by atoms with Crippen molar-refractivity contribution in [3.05, 3.63) is 28.7 Å². The second-order valence-corrected chi connectivity index (χ2v) is 3.99. The summed E-state index contributed by atoms with van der Waals surface area (Å²) in [6.45, 7) is 2.00. The van der Waals surface area contributed by atoms with Crippen molar-refractivity contribution < 1.29 is 13.9 Å². The molecule has 0 atom stereocenters. The summed E-state index contributed by atoms with van der Waals surface area (Å²) in [5.74, 6) is -1.46. The van der Waals surface area contributed by atoms with Crippen molar-refractivity contribution in [2.45, 2.75) is 6.92 Å². The smallest absolute Gasteiger partial charge is 0.271 e. The van der Waals surface area contributed by atoms with Crippen LogP contribution >= 0.6 is 11.6 Å². The van der Waals surface area contributed by atoms with Crippen LogP contribution in [0.25, 0.3) is 11.3 Å². The van der Waals surface area contributed by atoms with Crippen molar-refractivity contribution in [1.29, 1.82) is 0 Å². The number of carbonyl (C=O) groups is 1. The van der Waals surface area contributed by atoms with Crippen molar-refractivity contribution in [3.63, 3.8) is 0 Å². The van der Waals surface area contributed by atoms with Crippen molar-refractivity contribution >= 4 is 17.5 Å². The molecular weight excluding hydrogens is 275 g/mol. The Hall–Kier alpha value is -2.15. The summed E-state index contributed by atoms with van der Waals surface area (Å²) in [4.78, 5) is 11.1. The minimum absolute atomic E-state index is 0.0444. The van der Waals surface area contributed by atoms with E-state index >= 15 is 0 Å². The third-order valence-electron chi connectivity index (χ3n) is 2.34. The van der Waals surface area contributed by atoms with E-state index in [9.17, 15) is 9.18 Å². The summed E-state index contributed by atoms with van der Waals surface area (Å²) in [5.41, 5.74) is 5.47. The topological polar surface area (TPSA) is 93.9 Å². The van der Waals surface area contributed by atoms with Crippen molar-refractivity contribution in [2.75, 3.05) is 6.61 Å². The highest BCUT2D eigenvalue weighted by Crippen LogP contribution is 2.33. The number of ether oxygens (including phenoxy) is 1. The van der Waals surface area contributed by atoms with Gasteiger partial charge in [0.2, 0.25) is 0 Å². The molecule has 3 N–H and O–H groups in total. The Balaban J connectivity index is 2.52. The highest BCUT2D eigenvalue weighted by molar-refractivity contribution is 6.32. The first-order valence-corrected chi connectivity index (χ1v) is 5.75. The first kappa shape index (κ1) is 13.3. The van der Waals surface area contributed by atoms with Crippen molar-refractivity contribution in [1.82, 2.24) is 15.4 Å². The zero-order valence-corrected chi connectivity index (χ0v) is 10.7. The molecule has 0 fully saturated rings. The molecule has 0 saturated carbocycles. The van der Waals surface area contributed by atoms with E-state index in [4.69, 9.17) is 22.1 Å². The molecule has 1 aromatic heterocycles. The number of nitrogens with two attached hydrogens (primary N) is 1. The first-order chi connectivity index (χ1) is 9.04. The van der Waals surface area contributed by atoms with E-state index in [2.05, 4.69) is 15.4 Å². The number of H-pyrrole nitrogens is 1. The van der Waals surface area contributed by atoms with E-state index in [1.165, 1.54) is 6.07 Å². The quantitative estimate of drug-likeness (QED) is 0.894. The average molecular weight is 285 g/mol. The number of rotatable bonds is 4. The van der Waals surface area contributed by atoms with E-state index in [0.29, 0.717) is 0 Å². The molecule has 1 aromatic carbocycles. The molecule has 2 aromatic rings. The third-order valence-corrected chi connectivity index (χ3v) is 2.62. The highest BCUT2D eigenvalue weighted by atomic mass is 35.5. The van der Waals surface area contributed by atoms with Gasteiger partial charge in [0, 0.05) is 5.56 Å². The van der Waals surface area contributed by atoms with Crippen LogP contribution in [0, 0.1) is 5.82 Å². The lowest BCUT2D eigenvalue weighted by atomic mass is 10.1. The molecule has 8 heteroatoms. The number of halogens is 2. The molecule has 0 spiro atoms. The number of nitrogens with zero attached hydrogens (tertiary/aromatic N) is 2. The predicted octanol–water partition coefficient (Wildman–Crippen LogP) is 1.76. The van der Waals surface area contributed by atoms with Crippen LogP contribution in [0.1, 0.15) is 17.4 Å². The van der Waals surface area contributed by atoms with Crippen molar-refractivity contribution in [3.8, 4) is 17.0 Å². The Morgan fingerprint density at radius 3 is 2.84 bits per heavy atom. The molecule has 0 aliphatic heterocycles. The number of nitrogens with one attached hydrogen (secondary N) is 1. The van der Waals surface area contributed by atoms with Gasteiger partial charge in [-0.05, 0) is 19.1 Å². The maximum absolute atomic E-state index is 13.8. The molecule has 100 valence electrons. The SMILES string of the molecule is CCOc1c(F)cc(-c2n[nH]nc2C(N)=O)cc1Cl. The Kier molecular flexibility index (Phi) is 3.66. The highest BCUT2D eigenvalue weighted by Gasteiger charge is 2.19. The first-order valence-electron chi connectivity index (χ1n) is 5.37. The second-order valence-electron chi connectivity index (χ2n) is 3.59. The van der Waals surface area contributed by atoms with Gasteiger partial charge in [-0.2, -0.15) is 15.4 Å². The predicted molar refractivity (Wildman–Crippen MR) is 66.5 cm³/mol. The molecule has 1 amide bonds. The van der Waals surface area contributed by atoms with Gasteiger partial charge in [-0.25, -0.2) is 4.39 Å². The van der Waals surface area contributed by atoms with Gasteiger partial charge in [0.05, 0.1) is 11.6 Å². The van der Waals surface area contributed by atoms with Gasteiger partial charge in [-0.1, -0.05) is 11.6 Å². The Labute approximate surface area is 112 Å². The minimum Gasteiger partial charge on any atom is -0.489 e. The van der Waals surface area contributed by atoms with Gasteiger partial charge < -0.3 is 10.5 Å².